The molecule has 0 radical (unpaired) electrons. The summed E-state index contributed by atoms with van der Waals surface area (Å²) in [6, 6.07) is 12.1. The first-order chi connectivity index (χ1) is 17.5. The van der Waals surface area contributed by atoms with Crippen molar-refractivity contribution in [2.45, 2.75) is 69.1 Å². The predicted octanol–water partition coefficient (Wildman–Crippen LogP) is 4.03. The Morgan fingerprint density at radius 1 is 1.22 bits per heavy atom. The molecule has 1 N–H and O–H groups in total. The van der Waals surface area contributed by atoms with Gasteiger partial charge in [0.2, 0.25) is 0 Å². The van der Waals surface area contributed by atoms with Gasteiger partial charge >= 0.3 is 0 Å². The quantitative estimate of drug-likeness (QED) is 0.672. The molecule has 2 bridgehead atoms. The molecule has 7 rings (SSSR count). The van der Waals surface area contributed by atoms with Gasteiger partial charge in [-0.1, -0.05) is 18.1 Å². The van der Waals surface area contributed by atoms with Crippen LogP contribution in [0.5, 0.6) is 11.5 Å². The molecular weight excluding hydrogens is 448 g/mol. The van der Waals surface area contributed by atoms with Crippen molar-refractivity contribution in [1.82, 2.24) is 9.80 Å². The topological polar surface area (TPSA) is 53.0 Å². The molecule has 1 amide bonds. The Morgan fingerprint density at radius 3 is 2.89 bits per heavy atom. The molecule has 186 valence electrons. The van der Waals surface area contributed by atoms with Crippen LogP contribution in [0.15, 0.2) is 36.4 Å². The van der Waals surface area contributed by atoms with Crippen LogP contribution in [-0.4, -0.2) is 59.1 Å². The number of carbonyl (C=O) groups excluding carboxylic acids is 1. The third kappa shape index (κ3) is 3.23. The number of benzene rings is 2. The van der Waals surface area contributed by atoms with E-state index in [1.807, 2.05) is 49.2 Å². The highest BCUT2D eigenvalue weighted by atomic mass is 16.5. The van der Waals surface area contributed by atoms with Crippen molar-refractivity contribution in [1.29, 1.82) is 0 Å². The van der Waals surface area contributed by atoms with Crippen LogP contribution in [0, 0.1) is 30.6 Å². The smallest absolute Gasteiger partial charge is 0.298 e. The molecule has 3 fully saturated rings. The number of hydrogen-bond acceptors (Lipinski definition) is 4. The fraction of sp³-hybridized carbons (Fsp3) is 0.516. The summed E-state index contributed by atoms with van der Waals surface area (Å²) in [6.07, 6.45) is 6.56. The first-order valence-electron chi connectivity index (χ1n) is 13.6. The van der Waals surface area contributed by atoms with E-state index in [4.69, 9.17) is 4.74 Å². The maximum absolute atomic E-state index is 13.3. The predicted molar refractivity (Wildman–Crippen MR) is 138 cm³/mol. The van der Waals surface area contributed by atoms with E-state index in [1.165, 1.54) is 24.9 Å². The van der Waals surface area contributed by atoms with Crippen LogP contribution in [0.25, 0.3) is 0 Å². The standard InChI is InChI=1S/C31H34N2O3/c1-19-4-3-5-20(16-19)8-13-28(35)32(2)24-10-9-23-25-17-22-26(34)11-12-27-29(22)31(23,30(24)36-27)14-15-33(25)18-21-6-7-21/h3-5,11-12,16,21,23-25,30,34H,6-7,9-10,14-15,17-18H2,1-2H3/t23-,24-,25+,30-,31-/m0/s1. The van der Waals surface area contributed by atoms with Crippen molar-refractivity contribution in [3.63, 3.8) is 0 Å². The minimum atomic E-state index is -0.155. The van der Waals surface area contributed by atoms with Crippen LogP contribution >= 0.6 is 0 Å². The van der Waals surface area contributed by atoms with E-state index < -0.39 is 0 Å². The van der Waals surface area contributed by atoms with Crippen molar-refractivity contribution in [3.05, 3.63) is 58.7 Å². The van der Waals surface area contributed by atoms with E-state index in [0.717, 1.165) is 60.6 Å². The van der Waals surface area contributed by atoms with Crippen molar-refractivity contribution in [3.8, 4) is 23.3 Å². The molecule has 2 saturated carbocycles. The van der Waals surface area contributed by atoms with Crippen LogP contribution in [0.1, 0.15) is 54.4 Å². The second kappa shape index (κ2) is 8.02. The number of nitrogens with zero attached hydrogens (tertiary/aromatic N) is 2. The summed E-state index contributed by atoms with van der Waals surface area (Å²) >= 11 is 0. The zero-order valence-corrected chi connectivity index (χ0v) is 21.2. The molecule has 5 aliphatic rings. The molecule has 2 heterocycles. The normalized spacial score (nSPS) is 31.6. The number of phenolic OH excluding ortho intramolecular Hbond substituents is 1. The van der Waals surface area contributed by atoms with Gasteiger partial charge < -0.3 is 14.7 Å². The van der Waals surface area contributed by atoms with Gasteiger partial charge in [0.05, 0.1) is 6.04 Å². The largest absolute Gasteiger partial charge is 0.508 e. The van der Waals surface area contributed by atoms with E-state index >= 15 is 0 Å². The van der Waals surface area contributed by atoms with Crippen LogP contribution in [0.4, 0.5) is 0 Å². The summed E-state index contributed by atoms with van der Waals surface area (Å²) in [5.41, 5.74) is 4.20. The summed E-state index contributed by atoms with van der Waals surface area (Å²) in [4.78, 5) is 17.8. The summed E-state index contributed by atoms with van der Waals surface area (Å²) in [5.74, 6) is 8.49. The summed E-state index contributed by atoms with van der Waals surface area (Å²) < 4.78 is 6.75. The van der Waals surface area contributed by atoms with Gasteiger partial charge in [-0.3, -0.25) is 9.69 Å². The van der Waals surface area contributed by atoms with Gasteiger partial charge in [-0.15, -0.1) is 0 Å². The second-order valence-corrected chi connectivity index (χ2v) is 11.8. The second-order valence-electron chi connectivity index (χ2n) is 11.8. The highest BCUT2D eigenvalue weighted by molar-refractivity contribution is 5.94. The van der Waals surface area contributed by atoms with Crippen LogP contribution in [0.2, 0.25) is 0 Å². The maximum atomic E-state index is 13.3. The number of hydrogen-bond donors (Lipinski definition) is 1. The van der Waals surface area contributed by atoms with Crippen LogP contribution < -0.4 is 4.74 Å². The molecule has 2 aromatic rings. The van der Waals surface area contributed by atoms with Crippen molar-refractivity contribution in [2.24, 2.45) is 11.8 Å². The lowest BCUT2D eigenvalue weighted by molar-refractivity contribution is -0.134. The Bertz CT molecular complexity index is 1300. The van der Waals surface area contributed by atoms with E-state index in [9.17, 15) is 9.90 Å². The lowest BCUT2D eigenvalue weighted by atomic mass is 9.51. The highest BCUT2D eigenvalue weighted by Gasteiger charge is 2.66. The average molecular weight is 483 g/mol. The molecule has 2 aliphatic heterocycles. The summed E-state index contributed by atoms with van der Waals surface area (Å²) in [5, 5.41) is 10.9. The van der Waals surface area contributed by atoms with Crippen LogP contribution in [0.3, 0.4) is 0 Å². The van der Waals surface area contributed by atoms with Crippen molar-refractivity contribution >= 4 is 5.91 Å². The van der Waals surface area contributed by atoms with Gasteiger partial charge in [0.15, 0.2) is 0 Å². The molecule has 3 aliphatic carbocycles. The third-order valence-corrected chi connectivity index (χ3v) is 9.76. The number of piperidine rings is 1. The third-order valence-electron chi connectivity index (χ3n) is 9.76. The fourth-order valence-electron chi connectivity index (χ4n) is 7.95. The number of phenols is 1. The van der Waals surface area contributed by atoms with Gasteiger partial charge in [-0.05, 0) is 93.7 Å². The zero-order valence-electron chi connectivity index (χ0n) is 21.2. The number of aromatic hydroxyl groups is 1. The molecular formula is C31H34N2O3. The Kier molecular flexibility index (Phi) is 4.95. The van der Waals surface area contributed by atoms with Gasteiger partial charge in [0, 0.05) is 47.7 Å². The molecule has 36 heavy (non-hydrogen) atoms. The Labute approximate surface area is 213 Å². The van der Waals surface area contributed by atoms with Gasteiger partial charge in [0.1, 0.15) is 17.6 Å². The van der Waals surface area contributed by atoms with E-state index in [1.54, 1.807) is 6.07 Å². The number of rotatable bonds is 3. The molecule has 5 atom stereocenters. The zero-order chi connectivity index (χ0) is 24.6. The van der Waals surface area contributed by atoms with E-state index in [2.05, 4.69) is 16.7 Å². The van der Waals surface area contributed by atoms with Crippen LogP contribution in [-0.2, 0) is 16.6 Å². The summed E-state index contributed by atoms with van der Waals surface area (Å²) in [7, 11) is 1.89. The lowest BCUT2D eigenvalue weighted by Crippen LogP contribution is -2.69. The number of likely N-dealkylation sites (tertiary alicyclic amines) is 1. The van der Waals surface area contributed by atoms with Crippen molar-refractivity contribution < 1.29 is 14.6 Å². The number of carbonyl (C=O) groups is 1. The Balaban J connectivity index is 1.23. The highest BCUT2D eigenvalue weighted by Crippen LogP contribution is 2.63. The number of likely N-dealkylation sites (N-methyl/N-ethyl adjacent to an activating group) is 1. The summed E-state index contributed by atoms with van der Waals surface area (Å²) in [6.45, 7) is 4.30. The molecule has 2 aromatic carbocycles. The van der Waals surface area contributed by atoms with Crippen molar-refractivity contribution in [2.75, 3.05) is 20.1 Å². The molecule has 0 unspecified atom stereocenters. The van der Waals surface area contributed by atoms with Gasteiger partial charge in [-0.25, -0.2) is 0 Å². The number of amides is 1. The number of aryl methyl sites for hydroxylation is 1. The Morgan fingerprint density at radius 2 is 2.08 bits per heavy atom. The SMILES string of the molecule is Cc1cccc(C#CC(=O)N(C)[C@H]2CC[C@H]3[C@H]4Cc5c(O)ccc6c5[C@@]3(CCN4CC3CC3)[C@H]2O6)c1. The number of ether oxygens (including phenoxy) is 1. The fourth-order valence-corrected chi connectivity index (χ4v) is 7.95. The maximum Gasteiger partial charge on any atom is 0.298 e. The van der Waals surface area contributed by atoms with E-state index in [0.29, 0.717) is 17.7 Å². The monoisotopic (exact) mass is 482 g/mol. The minimum absolute atomic E-state index is 0.0308. The molecule has 0 aromatic heterocycles. The molecule has 1 saturated heterocycles. The molecule has 1 spiro atoms. The van der Waals surface area contributed by atoms with E-state index in [-0.39, 0.29) is 23.5 Å². The average Bonchev–Trinajstić information content (AvgIpc) is 3.63. The molecule has 5 nitrogen and oxygen atoms in total. The first kappa shape index (κ1) is 22.2. The minimum Gasteiger partial charge on any atom is -0.508 e. The van der Waals surface area contributed by atoms with Gasteiger partial charge in [0.25, 0.3) is 5.91 Å². The first-order valence-corrected chi connectivity index (χ1v) is 13.6. The Hall–Kier alpha value is -2.97. The molecule has 5 heteroatoms. The van der Waals surface area contributed by atoms with Gasteiger partial charge in [-0.2, -0.15) is 0 Å². The lowest BCUT2D eigenvalue weighted by Gasteiger charge is -2.60.